The Morgan fingerprint density at radius 3 is 2.57 bits per heavy atom. The van der Waals surface area contributed by atoms with Crippen molar-refractivity contribution < 1.29 is 9.84 Å². The number of hydrogen-bond acceptors (Lipinski definition) is 2. The summed E-state index contributed by atoms with van der Waals surface area (Å²) in [5.74, 6) is 0.787. The summed E-state index contributed by atoms with van der Waals surface area (Å²) in [5.41, 5.74) is 0. The topological polar surface area (TPSA) is 29.5 Å². The first kappa shape index (κ1) is 12.0. The number of hydrogen-bond donors (Lipinski definition) is 1. The van der Waals surface area contributed by atoms with Gasteiger partial charge < -0.3 is 9.84 Å². The zero-order valence-electron chi connectivity index (χ0n) is 9.54. The van der Waals surface area contributed by atoms with E-state index < -0.39 is 0 Å². The molecule has 1 N–H and O–H groups in total. The first-order chi connectivity index (χ1) is 6.70. The third-order valence-corrected chi connectivity index (χ3v) is 2.93. The van der Waals surface area contributed by atoms with Crippen LogP contribution in [0.4, 0.5) is 0 Å². The minimum atomic E-state index is -0.218. The molecular formula is C12H24O2. The molecule has 14 heavy (non-hydrogen) atoms. The molecule has 0 unspecified atom stereocenters. The Labute approximate surface area is 87.7 Å². The van der Waals surface area contributed by atoms with E-state index in [0.717, 1.165) is 38.2 Å². The van der Waals surface area contributed by atoms with Crippen molar-refractivity contribution >= 4 is 0 Å². The van der Waals surface area contributed by atoms with E-state index in [4.69, 9.17) is 4.74 Å². The van der Waals surface area contributed by atoms with E-state index >= 15 is 0 Å². The molecule has 1 aliphatic rings. The summed E-state index contributed by atoms with van der Waals surface area (Å²) in [4.78, 5) is 0. The van der Waals surface area contributed by atoms with Gasteiger partial charge in [-0.1, -0.05) is 33.1 Å². The lowest BCUT2D eigenvalue weighted by molar-refractivity contribution is -0.00643. The summed E-state index contributed by atoms with van der Waals surface area (Å²) >= 11 is 0. The number of unbranched alkanes of at least 4 members (excludes halogenated alkanes) is 1. The summed E-state index contributed by atoms with van der Waals surface area (Å²) < 4.78 is 5.44. The lowest BCUT2D eigenvalue weighted by atomic mass is 10.0. The van der Waals surface area contributed by atoms with Gasteiger partial charge in [0.2, 0.25) is 0 Å². The van der Waals surface area contributed by atoms with Crippen LogP contribution in [0.1, 0.15) is 52.4 Å². The molecule has 0 bridgehead atoms. The van der Waals surface area contributed by atoms with E-state index in [9.17, 15) is 5.11 Å². The highest BCUT2D eigenvalue weighted by molar-refractivity contribution is 4.73. The molecule has 1 saturated heterocycles. The van der Waals surface area contributed by atoms with Gasteiger partial charge in [0, 0.05) is 6.61 Å². The Morgan fingerprint density at radius 1 is 1.29 bits per heavy atom. The van der Waals surface area contributed by atoms with Gasteiger partial charge in [0.05, 0.1) is 12.2 Å². The Hall–Kier alpha value is -0.0800. The number of rotatable bonds is 6. The van der Waals surface area contributed by atoms with Crippen molar-refractivity contribution in [2.24, 2.45) is 5.92 Å². The van der Waals surface area contributed by atoms with Gasteiger partial charge in [0.1, 0.15) is 0 Å². The van der Waals surface area contributed by atoms with Crippen LogP contribution in [0.3, 0.4) is 0 Å². The molecule has 0 aromatic carbocycles. The van der Waals surface area contributed by atoms with Gasteiger partial charge in [0.25, 0.3) is 0 Å². The maximum absolute atomic E-state index is 9.79. The highest BCUT2D eigenvalue weighted by atomic mass is 16.5. The molecule has 0 aromatic rings. The SMILES string of the molecule is CC(C)CCCC[C@H](O)[C@@H]1CCCO1. The van der Waals surface area contributed by atoms with E-state index in [1.165, 1.54) is 12.8 Å². The number of aliphatic hydroxyl groups excluding tert-OH is 1. The van der Waals surface area contributed by atoms with Crippen molar-refractivity contribution in [2.75, 3.05) is 6.61 Å². The molecule has 0 spiro atoms. The summed E-state index contributed by atoms with van der Waals surface area (Å²) in [6.07, 6.45) is 6.65. The van der Waals surface area contributed by atoms with E-state index in [-0.39, 0.29) is 12.2 Å². The normalized spacial score (nSPS) is 24.4. The fraction of sp³-hybridized carbons (Fsp3) is 1.00. The maximum Gasteiger partial charge on any atom is 0.0834 e. The van der Waals surface area contributed by atoms with Crippen LogP contribution in [0, 0.1) is 5.92 Å². The second-order valence-corrected chi connectivity index (χ2v) is 4.80. The Kier molecular flexibility index (Phi) is 5.49. The highest BCUT2D eigenvalue weighted by Gasteiger charge is 2.23. The van der Waals surface area contributed by atoms with E-state index in [1.54, 1.807) is 0 Å². The predicted octanol–water partition coefficient (Wildman–Crippen LogP) is 2.74. The Bertz CT molecular complexity index is 139. The van der Waals surface area contributed by atoms with Gasteiger partial charge in [-0.25, -0.2) is 0 Å². The lowest BCUT2D eigenvalue weighted by Gasteiger charge is -2.17. The van der Waals surface area contributed by atoms with Crippen LogP contribution in [-0.4, -0.2) is 23.9 Å². The zero-order chi connectivity index (χ0) is 10.4. The van der Waals surface area contributed by atoms with Crippen LogP contribution in [0.15, 0.2) is 0 Å². The Morgan fingerprint density at radius 2 is 2.00 bits per heavy atom. The molecule has 0 aliphatic carbocycles. The largest absolute Gasteiger partial charge is 0.390 e. The van der Waals surface area contributed by atoms with Gasteiger partial charge in [-0.2, -0.15) is 0 Å². The van der Waals surface area contributed by atoms with Crippen molar-refractivity contribution in [3.8, 4) is 0 Å². The molecule has 1 fully saturated rings. The minimum absolute atomic E-state index is 0.133. The average molecular weight is 200 g/mol. The molecule has 0 radical (unpaired) electrons. The molecule has 2 atom stereocenters. The summed E-state index contributed by atoms with van der Waals surface area (Å²) in [6, 6.07) is 0. The van der Waals surface area contributed by atoms with Crippen LogP contribution < -0.4 is 0 Å². The summed E-state index contributed by atoms with van der Waals surface area (Å²) in [7, 11) is 0. The van der Waals surface area contributed by atoms with E-state index in [2.05, 4.69) is 13.8 Å². The van der Waals surface area contributed by atoms with Crippen molar-refractivity contribution in [1.82, 2.24) is 0 Å². The zero-order valence-corrected chi connectivity index (χ0v) is 9.54. The molecule has 1 heterocycles. The second-order valence-electron chi connectivity index (χ2n) is 4.80. The molecule has 84 valence electrons. The van der Waals surface area contributed by atoms with Crippen LogP contribution in [-0.2, 0) is 4.74 Å². The average Bonchev–Trinajstić information content (AvgIpc) is 2.64. The monoisotopic (exact) mass is 200 g/mol. The van der Waals surface area contributed by atoms with Crippen LogP contribution in [0.25, 0.3) is 0 Å². The van der Waals surface area contributed by atoms with E-state index in [1.807, 2.05) is 0 Å². The van der Waals surface area contributed by atoms with Crippen LogP contribution in [0.2, 0.25) is 0 Å². The molecular weight excluding hydrogens is 176 g/mol. The second kappa shape index (κ2) is 6.41. The number of ether oxygens (including phenoxy) is 1. The fourth-order valence-corrected chi connectivity index (χ4v) is 2.00. The molecule has 0 amide bonds. The summed E-state index contributed by atoms with van der Waals surface area (Å²) in [5, 5.41) is 9.79. The van der Waals surface area contributed by atoms with Gasteiger partial charge in [-0.15, -0.1) is 0 Å². The molecule has 1 rings (SSSR count). The first-order valence-corrected chi connectivity index (χ1v) is 6.00. The smallest absolute Gasteiger partial charge is 0.0834 e. The van der Waals surface area contributed by atoms with Gasteiger partial charge in [-0.05, 0) is 25.2 Å². The fourth-order valence-electron chi connectivity index (χ4n) is 2.00. The predicted molar refractivity (Wildman–Crippen MR) is 58.3 cm³/mol. The van der Waals surface area contributed by atoms with E-state index in [0.29, 0.717) is 0 Å². The van der Waals surface area contributed by atoms with Crippen LogP contribution >= 0.6 is 0 Å². The van der Waals surface area contributed by atoms with Crippen molar-refractivity contribution in [3.63, 3.8) is 0 Å². The highest BCUT2D eigenvalue weighted by Crippen LogP contribution is 2.19. The molecule has 2 heteroatoms. The first-order valence-electron chi connectivity index (χ1n) is 6.00. The summed E-state index contributed by atoms with van der Waals surface area (Å²) in [6.45, 7) is 5.33. The van der Waals surface area contributed by atoms with Gasteiger partial charge >= 0.3 is 0 Å². The van der Waals surface area contributed by atoms with Crippen molar-refractivity contribution in [3.05, 3.63) is 0 Å². The lowest BCUT2D eigenvalue weighted by Crippen LogP contribution is -2.24. The quantitative estimate of drug-likeness (QED) is 0.668. The third kappa shape index (κ3) is 4.43. The Balaban J connectivity index is 1.99. The van der Waals surface area contributed by atoms with Crippen molar-refractivity contribution in [1.29, 1.82) is 0 Å². The standard InChI is InChI=1S/C12H24O2/c1-10(2)6-3-4-7-11(13)12-8-5-9-14-12/h10-13H,3-9H2,1-2H3/t11-,12-/m0/s1. The van der Waals surface area contributed by atoms with Gasteiger partial charge in [0.15, 0.2) is 0 Å². The number of aliphatic hydroxyl groups is 1. The molecule has 0 aromatic heterocycles. The van der Waals surface area contributed by atoms with Gasteiger partial charge in [-0.3, -0.25) is 0 Å². The molecule has 0 saturated carbocycles. The van der Waals surface area contributed by atoms with Crippen molar-refractivity contribution in [2.45, 2.75) is 64.6 Å². The van der Waals surface area contributed by atoms with Crippen LogP contribution in [0.5, 0.6) is 0 Å². The maximum atomic E-state index is 9.79. The molecule has 2 nitrogen and oxygen atoms in total. The molecule has 1 aliphatic heterocycles. The minimum Gasteiger partial charge on any atom is -0.390 e. The third-order valence-electron chi connectivity index (χ3n) is 2.93.